The number of carbonyl (C=O) groups excluding carboxylic acids is 1. The molecule has 0 saturated carbocycles. The third-order valence-corrected chi connectivity index (χ3v) is 6.05. The number of hydrogen-bond donors (Lipinski definition) is 2. The Bertz CT molecular complexity index is 1170. The van der Waals surface area contributed by atoms with Crippen LogP contribution >= 0.6 is 11.6 Å². The minimum atomic E-state index is -4.96. The Balaban J connectivity index is 1.71. The molecule has 3 aromatic rings. The normalized spacial score (nSPS) is 13.7. The molecule has 0 aliphatic carbocycles. The van der Waals surface area contributed by atoms with Crippen molar-refractivity contribution in [2.45, 2.75) is 45.4 Å². The van der Waals surface area contributed by atoms with E-state index in [-0.39, 0.29) is 13.0 Å². The molecule has 1 unspecified atom stereocenters. The van der Waals surface area contributed by atoms with Crippen LogP contribution in [0, 0.1) is 20.8 Å². The van der Waals surface area contributed by atoms with Gasteiger partial charge in [0.25, 0.3) is 0 Å². The molecule has 2 aromatic heterocycles. The summed E-state index contributed by atoms with van der Waals surface area (Å²) in [5.41, 5.74) is 0.495. The van der Waals surface area contributed by atoms with Gasteiger partial charge in [-0.25, -0.2) is 9.67 Å². The zero-order valence-corrected chi connectivity index (χ0v) is 19.4. The van der Waals surface area contributed by atoms with Crippen LogP contribution in [0.1, 0.15) is 34.8 Å². The lowest BCUT2D eigenvalue weighted by atomic mass is 9.97. The maximum atomic E-state index is 13.6. The zero-order valence-electron chi connectivity index (χ0n) is 18.7. The first kappa shape index (κ1) is 24.8. The third-order valence-electron chi connectivity index (χ3n) is 5.65. The summed E-state index contributed by atoms with van der Waals surface area (Å²) in [4.78, 5) is 16.1. The molecule has 1 amide bonds. The molecule has 0 radical (unpaired) electrons. The molecule has 178 valence electrons. The highest BCUT2D eigenvalue weighted by molar-refractivity contribution is 6.31. The van der Waals surface area contributed by atoms with Gasteiger partial charge < -0.3 is 15.0 Å². The Morgan fingerprint density at radius 1 is 1.24 bits per heavy atom. The van der Waals surface area contributed by atoms with E-state index in [4.69, 9.17) is 11.6 Å². The number of rotatable bonds is 7. The van der Waals surface area contributed by atoms with E-state index in [2.05, 4.69) is 15.4 Å². The van der Waals surface area contributed by atoms with Crippen LogP contribution in [0.4, 0.5) is 13.2 Å². The van der Waals surface area contributed by atoms with Gasteiger partial charge in [0.1, 0.15) is 5.82 Å². The van der Waals surface area contributed by atoms with Crippen LogP contribution in [0.5, 0.6) is 0 Å². The van der Waals surface area contributed by atoms with Crippen molar-refractivity contribution >= 4 is 17.5 Å². The number of aliphatic hydroxyl groups is 1. The number of imidazole rings is 1. The van der Waals surface area contributed by atoms with Crippen LogP contribution in [0.15, 0.2) is 30.6 Å². The van der Waals surface area contributed by atoms with E-state index in [1.165, 1.54) is 19.4 Å². The van der Waals surface area contributed by atoms with Gasteiger partial charge in [0.05, 0.1) is 17.8 Å². The zero-order chi connectivity index (χ0) is 24.6. The van der Waals surface area contributed by atoms with Gasteiger partial charge in [-0.1, -0.05) is 17.7 Å². The first-order chi connectivity index (χ1) is 15.3. The van der Waals surface area contributed by atoms with Crippen molar-refractivity contribution in [2.75, 3.05) is 6.54 Å². The van der Waals surface area contributed by atoms with E-state index >= 15 is 0 Å². The molecule has 0 saturated heterocycles. The van der Waals surface area contributed by atoms with Crippen molar-refractivity contribution in [3.05, 3.63) is 64.0 Å². The number of benzene rings is 1. The molecule has 3 rings (SSSR count). The molecule has 0 aliphatic heterocycles. The van der Waals surface area contributed by atoms with Crippen LogP contribution in [0.3, 0.4) is 0 Å². The van der Waals surface area contributed by atoms with Gasteiger partial charge in [-0.05, 0) is 38.5 Å². The van der Waals surface area contributed by atoms with Gasteiger partial charge in [-0.2, -0.15) is 18.3 Å². The van der Waals surface area contributed by atoms with Crippen LogP contribution in [-0.2, 0) is 23.9 Å². The van der Waals surface area contributed by atoms with Gasteiger partial charge >= 0.3 is 6.18 Å². The number of aryl methyl sites for hydroxylation is 3. The first-order valence-electron chi connectivity index (χ1n) is 10.2. The van der Waals surface area contributed by atoms with E-state index in [0.717, 1.165) is 21.5 Å². The summed E-state index contributed by atoms with van der Waals surface area (Å²) in [6.45, 7) is 5.06. The van der Waals surface area contributed by atoms with Crippen molar-refractivity contribution in [2.24, 2.45) is 7.05 Å². The SMILES string of the molecule is Cc1ccc(-n2nc(C)c(CC(=O)NCCC(O)(c3nccn3C)C(F)(F)F)c2C)cc1Cl. The summed E-state index contributed by atoms with van der Waals surface area (Å²) in [7, 11) is 1.36. The smallest absolute Gasteiger partial charge is 0.374 e. The number of halogens is 4. The third kappa shape index (κ3) is 4.91. The Morgan fingerprint density at radius 3 is 2.52 bits per heavy atom. The molecule has 0 spiro atoms. The van der Waals surface area contributed by atoms with Crippen molar-refractivity contribution in [1.29, 1.82) is 0 Å². The van der Waals surface area contributed by atoms with Gasteiger partial charge in [0.15, 0.2) is 0 Å². The Morgan fingerprint density at radius 2 is 1.94 bits per heavy atom. The van der Waals surface area contributed by atoms with Gasteiger partial charge in [-0.3, -0.25) is 4.79 Å². The number of alkyl halides is 3. The number of aromatic nitrogens is 4. The average Bonchev–Trinajstić information content (AvgIpc) is 3.27. The predicted octanol–water partition coefficient (Wildman–Crippen LogP) is 3.68. The van der Waals surface area contributed by atoms with Crippen LogP contribution < -0.4 is 5.32 Å². The Kier molecular flexibility index (Phi) is 6.90. The van der Waals surface area contributed by atoms with Crippen LogP contribution in [0.25, 0.3) is 5.69 Å². The second-order valence-corrected chi connectivity index (χ2v) is 8.40. The van der Waals surface area contributed by atoms with Crippen LogP contribution in [0.2, 0.25) is 5.02 Å². The fourth-order valence-electron chi connectivity index (χ4n) is 3.65. The Hall–Kier alpha value is -2.85. The quantitative estimate of drug-likeness (QED) is 0.537. The van der Waals surface area contributed by atoms with Gasteiger partial charge in [-0.15, -0.1) is 0 Å². The van der Waals surface area contributed by atoms with E-state index in [1.807, 2.05) is 19.1 Å². The standard InChI is InChI=1S/C22H25ClF3N5O2/c1-13-5-6-16(11-18(13)23)31-15(3)17(14(2)29-31)12-19(32)27-8-7-21(33,22(24,25)26)20-28-9-10-30(20)4/h5-6,9-11,33H,7-8,12H2,1-4H3,(H,27,32). The van der Waals surface area contributed by atoms with E-state index in [9.17, 15) is 23.1 Å². The van der Waals surface area contributed by atoms with Crippen molar-refractivity contribution in [3.8, 4) is 5.69 Å². The highest BCUT2D eigenvalue weighted by Gasteiger charge is 2.57. The summed E-state index contributed by atoms with van der Waals surface area (Å²) in [6, 6.07) is 5.50. The highest BCUT2D eigenvalue weighted by Crippen LogP contribution is 2.40. The molecule has 7 nitrogen and oxygen atoms in total. The number of nitrogens with zero attached hydrogens (tertiary/aromatic N) is 4. The molecule has 1 aromatic carbocycles. The second kappa shape index (κ2) is 9.18. The number of hydrogen-bond acceptors (Lipinski definition) is 4. The van der Waals surface area contributed by atoms with Crippen molar-refractivity contribution in [1.82, 2.24) is 24.6 Å². The maximum Gasteiger partial charge on any atom is 0.424 e. The number of carbonyl (C=O) groups is 1. The molecule has 33 heavy (non-hydrogen) atoms. The predicted molar refractivity (Wildman–Crippen MR) is 117 cm³/mol. The first-order valence-corrected chi connectivity index (χ1v) is 10.6. The largest absolute Gasteiger partial charge is 0.424 e. The van der Waals surface area contributed by atoms with E-state index in [1.54, 1.807) is 24.6 Å². The number of nitrogens with one attached hydrogen (secondary N) is 1. The van der Waals surface area contributed by atoms with Crippen molar-refractivity contribution < 1.29 is 23.1 Å². The average molecular weight is 484 g/mol. The Labute approximate surface area is 194 Å². The van der Waals surface area contributed by atoms with Gasteiger partial charge in [0.2, 0.25) is 11.5 Å². The van der Waals surface area contributed by atoms with Gasteiger partial charge in [0, 0.05) is 48.7 Å². The lowest BCUT2D eigenvalue weighted by Gasteiger charge is -2.30. The summed E-state index contributed by atoms with van der Waals surface area (Å²) in [6.07, 6.45) is -3.30. The molecule has 0 aliphatic rings. The molecule has 11 heteroatoms. The van der Waals surface area contributed by atoms with Crippen molar-refractivity contribution in [3.63, 3.8) is 0 Å². The van der Waals surface area contributed by atoms with E-state index in [0.29, 0.717) is 16.3 Å². The molecule has 2 heterocycles. The molecular formula is C22H25ClF3N5O2. The van der Waals surface area contributed by atoms with E-state index < -0.39 is 29.9 Å². The minimum absolute atomic E-state index is 0.0654. The fraction of sp³-hybridized carbons (Fsp3) is 0.409. The molecule has 2 N–H and O–H groups in total. The number of amides is 1. The molecule has 1 atom stereocenters. The molecular weight excluding hydrogens is 459 g/mol. The maximum absolute atomic E-state index is 13.6. The highest BCUT2D eigenvalue weighted by atomic mass is 35.5. The summed E-state index contributed by atoms with van der Waals surface area (Å²) >= 11 is 6.21. The summed E-state index contributed by atoms with van der Waals surface area (Å²) in [5.74, 6) is -1.01. The van der Waals surface area contributed by atoms with Crippen LogP contribution in [-0.4, -0.2) is 43.1 Å². The lowest BCUT2D eigenvalue weighted by Crippen LogP contribution is -2.46. The lowest BCUT2D eigenvalue weighted by molar-refractivity contribution is -0.272. The summed E-state index contributed by atoms with van der Waals surface area (Å²) in [5, 5.41) is 17.9. The molecule has 0 fully saturated rings. The fourth-order valence-corrected chi connectivity index (χ4v) is 3.82. The molecule has 0 bridgehead atoms. The summed E-state index contributed by atoms with van der Waals surface area (Å²) < 4.78 is 43.6. The second-order valence-electron chi connectivity index (χ2n) is 7.99. The topological polar surface area (TPSA) is 85.0 Å². The minimum Gasteiger partial charge on any atom is -0.374 e. The monoisotopic (exact) mass is 483 g/mol.